The standard InChI is InChI=1S/C17H18FNO/c1-17(2,12-13-7-4-3-5-8-13)16(20)19-15-10-6-9-14(18)11-15/h3-11H,12H2,1-2H3,(H,19,20). The largest absolute Gasteiger partial charge is 0.326 e. The number of benzene rings is 2. The van der Waals surface area contributed by atoms with Gasteiger partial charge in [-0.25, -0.2) is 4.39 Å². The van der Waals surface area contributed by atoms with Crippen LogP contribution in [-0.2, 0) is 11.2 Å². The minimum Gasteiger partial charge on any atom is -0.326 e. The van der Waals surface area contributed by atoms with E-state index in [0.717, 1.165) is 5.56 Å². The zero-order valence-corrected chi connectivity index (χ0v) is 11.7. The summed E-state index contributed by atoms with van der Waals surface area (Å²) in [5.74, 6) is -0.476. The molecule has 2 rings (SSSR count). The lowest BCUT2D eigenvalue weighted by atomic mass is 9.84. The Morgan fingerprint density at radius 2 is 1.80 bits per heavy atom. The van der Waals surface area contributed by atoms with Crippen LogP contribution in [0, 0.1) is 11.2 Å². The van der Waals surface area contributed by atoms with Gasteiger partial charge in [-0.15, -0.1) is 0 Å². The Balaban J connectivity index is 2.07. The van der Waals surface area contributed by atoms with Crippen LogP contribution in [0.2, 0.25) is 0 Å². The Hall–Kier alpha value is -2.16. The molecule has 0 fully saturated rings. The van der Waals surface area contributed by atoms with E-state index in [1.54, 1.807) is 12.1 Å². The van der Waals surface area contributed by atoms with Crippen LogP contribution in [0.5, 0.6) is 0 Å². The summed E-state index contributed by atoms with van der Waals surface area (Å²) in [4.78, 5) is 12.3. The van der Waals surface area contributed by atoms with Gasteiger partial charge in [0.25, 0.3) is 0 Å². The van der Waals surface area contributed by atoms with Crippen LogP contribution < -0.4 is 5.32 Å². The van der Waals surface area contributed by atoms with Crippen molar-refractivity contribution in [1.82, 2.24) is 0 Å². The molecule has 0 saturated heterocycles. The molecule has 0 radical (unpaired) electrons. The van der Waals surface area contributed by atoms with E-state index in [1.165, 1.54) is 12.1 Å². The summed E-state index contributed by atoms with van der Waals surface area (Å²) in [6.07, 6.45) is 0.634. The molecule has 0 spiro atoms. The summed E-state index contributed by atoms with van der Waals surface area (Å²) in [6.45, 7) is 3.77. The molecule has 3 heteroatoms. The summed E-state index contributed by atoms with van der Waals surface area (Å²) in [6, 6.07) is 15.8. The van der Waals surface area contributed by atoms with Crippen molar-refractivity contribution in [3.05, 3.63) is 66.0 Å². The van der Waals surface area contributed by atoms with Crippen molar-refractivity contribution < 1.29 is 9.18 Å². The molecule has 1 amide bonds. The van der Waals surface area contributed by atoms with Gasteiger partial charge in [0.05, 0.1) is 0 Å². The fourth-order valence-corrected chi connectivity index (χ4v) is 2.05. The summed E-state index contributed by atoms with van der Waals surface area (Å²) < 4.78 is 13.1. The Morgan fingerprint density at radius 1 is 1.10 bits per heavy atom. The van der Waals surface area contributed by atoms with Crippen LogP contribution in [0.1, 0.15) is 19.4 Å². The molecule has 2 aromatic carbocycles. The highest BCUT2D eigenvalue weighted by Gasteiger charge is 2.27. The summed E-state index contributed by atoms with van der Waals surface area (Å²) in [5.41, 5.74) is 1.02. The monoisotopic (exact) mass is 271 g/mol. The lowest BCUT2D eigenvalue weighted by molar-refractivity contribution is -0.123. The van der Waals surface area contributed by atoms with Gasteiger partial charge in [-0.3, -0.25) is 4.79 Å². The molecule has 2 nitrogen and oxygen atoms in total. The second-order valence-corrected chi connectivity index (χ2v) is 5.51. The van der Waals surface area contributed by atoms with Crippen LogP contribution >= 0.6 is 0 Å². The lowest BCUT2D eigenvalue weighted by Gasteiger charge is -2.23. The molecule has 104 valence electrons. The van der Waals surface area contributed by atoms with Gasteiger partial charge < -0.3 is 5.32 Å². The van der Waals surface area contributed by atoms with Crippen LogP contribution in [0.4, 0.5) is 10.1 Å². The van der Waals surface area contributed by atoms with Crippen molar-refractivity contribution in [2.24, 2.45) is 5.41 Å². The Bertz CT molecular complexity index is 593. The molecule has 0 aromatic heterocycles. The molecule has 0 saturated carbocycles. The third-order valence-corrected chi connectivity index (χ3v) is 3.19. The molecule has 0 aliphatic rings. The first-order chi connectivity index (χ1) is 9.47. The quantitative estimate of drug-likeness (QED) is 0.893. The van der Waals surface area contributed by atoms with E-state index in [4.69, 9.17) is 0 Å². The van der Waals surface area contributed by atoms with Crippen LogP contribution in [0.3, 0.4) is 0 Å². The van der Waals surface area contributed by atoms with Gasteiger partial charge in [-0.1, -0.05) is 50.2 Å². The summed E-state index contributed by atoms with van der Waals surface area (Å²) in [7, 11) is 0. The number of nitrogens with one attached hydrogen (secondary N) is 1. The van der Waals surface area contributed by atoms with Crippen LogP contribution in [0.25, 0.3) is 0 Å². The van der Waals surface area contributed by atoms with E-state index >= 15 is 0 Å². The highest BCUT2D eigenvalue weighted by atomic mass is 19.1. The summed E-state index contributed by atoms with van der Waals surface area (Å²) in [5, 5.41) is 2.76. The van der Waals surface area contributed by atoms with E-state index in [1.807, 2.05) is 44.2 Å². The van der Waals surface area contributed by atoms with E-state index in [2.05, 4.69) is 5.32 Å². The minimum absolute atomic E-state index is 0.119. The van der Waals surface area contributed by atoms with Crippen molar-refractivity contribution in [3.8, 4) is 0 Å². The van der Waals surface area contributed by atoms with Gasteiger partial charge in [0.1, 0.15) is 5.82 Å². The van der Waals surface area contributed by atoms with E-state index < -0.39 is 5.41 Å². The molecule has 0 heterocycles. The normalized spacial score (nSPS) is 11.2. The van der Waals surface area contributed by atoms with Gasteiger partial charge in [-0.05, 0) is 30.2 Å². The Kier molecular flexibility index (Phi) is 4.18. The van der Waals surface area contributed by atoms with E-state index in [0.29, 0.717) is 12.1 Å². The smallest absolute Gasteiger partial charge is 0.230 e. The molecule has 0 aliphatic heterocycles. The number of anilines is 1. The number of hydrogen-bond acceptors (Lipinski definition) is 1. The zero-order valence-electron chi connectivity index (χ0n) is 11.7. The third kappa shape index (κ3) is 3.67. The van der Waals surface area contributed by atoms with Gasteiger partial charge in [-0.2, -0.15) is 0 Å². The van der Waals surface area contributed by atoms with Crippen molar-refractivity contribution in [2.45, 2.75) is 20.3 Å². The van der Waals surface area contributed by atoms with Crippen LogP contribution in [0.15, 0.2) is 54.6 Å². The molecule has 2 aromatic rings. The highest BCUT2D eigenvalue weighted by molar-refractivity contribution is 5.94. The zero-order chi connectivity index (χ0) is 14.6. The predicted molar refractivity (Wildman–Crippen MR) is 79.0 cm³/mol. The summed E-state index contributed by atoms with van der Waals surface area (Å²) >= 11 is 0. The first-order valence-corrected chi connectivity index (χ1v) is 6.58. The molecular weight excluding hydrogens is 253 g/mol. The first kappa shape index (κ1) is 14.3. The third-order valence-electron chi connectivity index (χ3n) is 3.19. The van der Waals surface area contributed by atoms with E-state index in [-0.39, 0.29) is 11.7 Å². The predicted octanol–water partition coefficient (Wildman–Crippen LogP) is 4.03. The number of halogens is 1. The molecule has 0 aliphatic carbocycles. The second kappa shape index (κ2) is 5.87. The molecular formula is C17H18FNO. The van der Waals surface area contributed by atoms with Crippen molar-refractivity contribution in [2.75, 3.05) is 5.32 Å². The SMILES string of the molecule is CC(C)(Cc1ccccc1)C(=O)Nc1cccc(F)c1. The van der Waals surface area contributed by atoms with Crippen molar-refractivity contribution in [1.29, 1.82) is 0 Å². The second-order valence-electron chi connectivity index (χ2n) is 5.51. The topological polar surface area (TPSA) is 29.1 Å². The lowest BCUT2D eigenvalue weighted by Crippen LogP contribution is -2.32. The minimum atomic E-state index is -0.562. The molecule has 20 heavy (non-hydrogen) atoms. The van der Waals surface area contributed by atoms with Gasteiger partial charge in [0.2, 0.25) is 5.91 Å². The van der Waals surface area contributed by atoms with Crippen molar-refractivity contribution >= 4 is 11.6 Å². The molecule has 1 N–H and O–H groups in total. The number of carbonyl (C=O) groups excluding carboxylic acids is 1. The Labute approximate surface area is 118 Å². The first-order valence-electron chi connectivity index (χ1n) is 6.58. The average molecular weight is 271 g/mol. The number of rotatable bonds is 4. The maximum Gasteiger partial charge on any atom is 0.230 e. The fraction of sp³-hybridized carbons (Fsp3) is 0.235. The van der Waals surface area contributed by atoms with Gasteiger partial charge in [0.15, 0.2) is 0 Å². The molecule has 0 atom stereocenters. The Morgan fingerprint density at radius 3 is 2.45 bits per heavy atom. The molecule has 0 bridgehead atoms. The van der Waals surface area contributed by atoms with Crippen molar-refractivity contribution in [3.63, 3.8) is 0 Å². The highest BCUT2D eigenvalue weighted by Crippen LogP contribution is 2.24. The van der Waals surface area contributed by atoms with E-state index in [9.17, 15) is 9.18 Å². The number of carbonyl (C=O) groups is 1. The maximum atomic E-state index is 13.1. The number of amides is 1. The van der Waals surface area contributed by atoms with Gasteiger partial charge >= 0.3 is 0 Å². The average Bonchev–Trinajstić information content (AvgIpc) is 2.39. The van der Waals surface area contributed by atoms with Gasteiger partial charge in [0, 0.05) is 11.1 Å². The number of hydrogen-bond donors (Lipinski definition) is 1. The maximum absolute atomic E-state index is 13.1. The van der Waals surface area contributed by atoms with Crippen LogP contribution in [-0.4, -0.2) is 5.91 Å². The fourth-order valence-electron chi connectivity index (χ4n) is 2.05. The molecule has 0 unspecified atom stereocenters.